The van der Waals surface area contributed by atoms with E-state index in [4.69, 9.17) is 0 Å². The number of hydrogen-bond donors (Lipinski definition) is 1. The van der Waals surface area contributed by atoms with Crippen molar-refractivity contribution in [1.29, 1.82) is 0 Å². The van der Waals surface area contributed by atoms with Gasteiger partial charge in [-0.25, -0.2) is 4.98 Å². The molecule has 1 aromatic heterocycles. The van der Waals surface area contributed by atoms with Crippen LogP contribution < -0.4 is 0 Å². The number of thiazole rings is 1. The third-order valence-corrected chi connectivity index (χ3v) is 3.41. The number of para-hydroxylation sites is 1. The summed E-state index contributed by atoms with van der Waals surface area (Å²) in [4.78, 5) is 5.75. The van der Waals surface area contributed by atoms with E-state index >= 15 is 0 Å². The molecular weight excluding hydrogens is 206 g/mol. The number of aryl methyl sites for hydroxylation is 2. The zero-order chi connectivity index (χ0) is 10.8. The van der Waals surface area contributed by atoms with Crippen LogP contribution in [0.3, 0.4) is 0 Å². The van der Waals surface area contributed by atoms with Gasteiger partial charge in [0.25, 0.3) is 0 Å². The molecule has 0 saturated heterocycles. The topological polar surface area (TPSA) is 33.1 Å². The van der Waals surface area contributed by atoms with E-state index in [1.807, 2.05) is 18.2 Å². The van der Waals surface area contributed by atoms with E-state index in [9.17, 15) is 5.11 Å². The van der Waals surface area contributed by atoms with Gasteiger partial charge in [-0.1, -0.05) is 19.1 Å². The molecule has 0 unspecified atom stereocenters. The molecule has 2 rings (SSSR count). The third-order valence-electron chi connectivity index (χ3n) is 2.36. The number of phenols is 1. The number of aromatic hydroxyl groups is 1. The minimum absolute atomic E-state index is 0.300. The van der Waals surface area contributed by atoms with E-state index in [1.165, 1.54) is 4.88 Å². The summed E-state index contributed by atoms with van der Waals surface area (Å²) in [6.45, 7) is 4.16. The molecule has 1 aromatic carbocycles. The summed E-state index contributed by atoms with van der Waals surface area (Å²) >= 11 is 1.64. The van der Waals surface area contributed by atoms with Crippen molar-refractivity contribution in [2.24, 2.45) is 0 Å². The van der Waals surface area contributed by atoms with Crippen molar-refractivity contribution in [1.82, 2.24) is 4.98 Å². The molecule has 0 bridgehead atoms. The van der Waals surface area contributed by atoms with Crippen LogP contribution in [-0.4, -0.2) is 10.1 Å². The van der Waals surface area contributed by atoms with Crippen LogP contribution in [-0.2, 0) is 6.42 Å². The molecule has 2 nitrogen and oxygen atoms in total. The number of rotatable bonds is 2. The highest BCUT2D eigenvalue weighted by Crippen LogP contribution is 2.33. The monoisotopic (exact) mass is 219 g/mol. The maximum atomic E-state index is 9.70. The first-order valence-corrected chi connectivity index (χ1v) is 5.78. The van der Waals surface area contributed by atoms with E-state index in [-0.39, 0.29) is 0 Å². The van der Waals surface area contributed by atoms with Crippen LogP contribution in [0.1, 0.15) is 17.5 Å². The first kappa shape index (κ1) is 10.2. The van der Waals surface area contributed by atoms with Gasteiger partial charge in [0.1, 0.15) is 10.8 Å². The molecule has 0 aliphatic carbocycles. The van der Waals surface area contributed by atoms with Gasteiger partial charge in [0, 0.05) is 4.88 Å². The Hall–Kier alpha value is -1.35. The Kier molecular flexibility index (Phi) is 2.73. The molecule has 0 amide bonds. The highest BCUT2D eigenvalue weighted by molar-refractivity contribution is 7.15. The number of hydrogen-bond acceptors (Lipinski definition) is 3. The van der Waals surface area contributed by atoms with E-state index in [0.717, 1.165) is 22.7 Å². The maximum Gasteiger partial charge on any atom is 0.127 e. The highest BCUT2D eigenvalue weighted by atomic mass is 32.1. The summed E-state index contributed by atoms with van der Waals surface area (Å²) in [5.74, 6) is 0.300. The fourth-order valence-corrected chi connectivity index (χ4v) is 2.56. The van der Waals surface area contributed by atoms with Crippen molar-refractivity contribution in [2.45, 2.75) is 20.3 Å². The number of aromatic nitrogens is 1. The second kappa shape index (κ2) is 4.03. The lowest BCUT2D eigenvalue weighted by molar-refractivity contribution is 0.477. The molecule has 3 heteroatoms. The minimum atomic E-state index is 0.300. The SMILES string of the molecule is CCc1nc(-c2ccccc2O)sc1C. The highest BCUT2D eigenvalue weighted by Gasteiger charge is 2.10. The Labute approximate surface area is 93.2 Å². The van der Waals surface area contributed by atoms with E-state index in [1.54, 1.807) is 17.4 Å². The molecule has 0 aliphatic rings. The maximum absolute atomic E-state index is 9.70. The smallest absolute Gasteiger partial charge is 0.127 e. The molecule has 1 heterocycles. The molecule has 0 saturated carbocycles. The molecular formula is C12H13NOS. The van der Waals surface area contributed by atoms with Crippen LogP contribution in [0.15, 0.2) is 24.3 Å². The van der Waals surface area contributed by atoms with Crippen molar-refractivity contribution in [2.75, 3.05) is 0 Å². The summed E-state index contributed by atoms with van der Waals surface area (Å²) in [5.41, 5.74) is 1.95. The zero-order valence-electron chi connectivity index (χ0n) is 8.82. The third kappa shape index (κ3) is 1.88. The fourth-order valence-electron chi connectivity index (χ4n) is 1.53. The first-order valence-electron chi connectivity index (χ1n) is 4.97. The largest absolute Gasteiger partial charge is 0.507 e. The second-order valence-corrected chi connectivity index (χ2v) is 4.60. The quantitative estimate of drug-likeness (QED) is 0.839. The molecule has 0 radical (unpaired) electrons. The number of nitrogens with zero attached hydrogens (tertiary/aromatic N) is 1. The number of benzene rings is 1. The molecule has 15 heavy (non-hydrogen) atoms. The van der Waals surface area contributed by atoms with Gasteiger partial charge in [0.05, 0.1) is 11.3 Å². The van der Waals surface area contributed by atoms with Crippen molar-refractivity contribution in [3.8, 4) is 16.3 Å². The Morgan fingerprint density at radius 3 is 2.67 bits per heavy atom. The Bertz CT molecular complexity index is 476. The van der Waals surface area contributed by atoms with Gasteiger partial charge in [-0.15, -0.1) is 11.3 Å². The lowest BCUT2D eigenvalue weighted by atomic mass is 10.2. The molecule has 0 atom stereocenters. The summed E-state index contributed by atoms with van der Waals surface area (Å²) in [7, 11) is 0. The lowest BCUT2D eigenvalue weighted by Crippen LogP contribution is -1.83. The Morgan fingerprint density at radius 1 is 1.33 bits per heavy atom. The van der Waals surface area contributed by atoms with Gasteiger partial charge in [0.15, 0.2) is 0 Å². The summed E-state index contributed by atoms with van der Waals surface area (Å²) in [5, 5.41) is 10.6. The van der Waals surface area contributed by atoms with Gasteiger partial charge in [-0.05, 0) is 25.5 Å². The molecule has 1 N–H and O–H groups in total. The van der Waals surface area contributed by atoms with Crippen molar-refractivity contribution < 1.29 is 5.11 Å². The van der Waals surface area contributed by atoms with Gasteiger partial charge >= 0.3 is 0 Å². The van der Waals surface area contributed by atoms with Gasteiger partial charge in [-0.3, -0.25) is 0 Å². The van der Waals surface area contributed by atoms with Crippen LogP contribution in [0.5, 0.6) is 5.75 Å². The van der Waals surface area contributed by atoms with E-state index in [2.05, 4.69) is 18.8 Å². The van der Waals surface area contributed by atoms with E-state index in [0.29, 0.717) is 5.75 Å². The summed E-state index contributed by atoms with van der Waals surface area (Å²) in [6.07, 6.45) is 0.940. The lowest BCUT2D eigenvalue weighted by Gasteiger charge is -1.98. The average Bonchev–Trinajstić information content (AvgIpc) is 2.60. The molecule has 2 aromatic rings. The van der Waals surface area contributed by atoms with Crippen LogP contribution in [0.4, 0.5) is 0 Å². The number of phenolic OH excluding ortho intramolecular Hbond substituents is 1. The molecule has 0 aliphatic heterocycles. The normalized spacial score (nSPS) is 10.5. The predicted molar refractivity (Wildman–Crippen MR) is 63.3 cm³/mol. The van der Waals surface area contributed by atoms with Crippen LogP contribution in [0.25, 0.3) is 10.6 Å². The average molecular weight is 219 g/mol. The van der Waals surface area contributed by atoms with Gasteiger partial charge in [-0.2, -0.15) is 0 Å². The fraction of sp³-hybridized carbons (Fsp3) is 0.250. The Morgan fingerprint density at radius 2 is 2.07 bits per heavy atom. The molecule has 0 spiro atoms. The second-order valence-electron chi connectivity index (χ2n) is 3.39. The van der Waals surface area contributed by atoms with Crippen molar-refractivity contribution in [3.63, 3.8) is 0 Å². The van der Waals surface area contributed by atoms with Crippen LogP contribution in [0.2, 0.25) is 0 Å². The Balaban J connectivity index is 2.50. The minimum Gasteiger partial charge on any atom is -0.507 e. The van der Waals surface area contributed by atoms with Crippen LogP contribution >= 0.6 is 11.3 Å². The van der Waals surface area contributed by atoms with Crippen molar-refractivity contribution >= 4 is 11.3 Å². The molecule has 78 valence electrons. The molecule has 0 fully saturated rings. The van der Waals surface area contributed by atoms with E-state index < -0.39 is 0 Å². The summed E-state index contributed by atoms with van der Waals surface area (Å²) < 4.78 is 0. The zero-order valence-corrected chi connectivity index (χ0v) is 9.64. The van der Waals surface area contributed by atoms with Crippen molar-refractivity contribution in [3.05, 3.63) is 34.8 Å². The first-order chi connectivity index (χ1) is 7.22. The van der Waals surface area contributed by atoms with Gasteiger partial charge < -0.3 is 5.11 Å². The summed E-state index contributed by atoms with van der Waals surface area (Å²) in [6, 6.07) is 7.32. The standard InChI is InChI=1S/C12H13NOS/c1-3-10-8(2)15-12(13-10)9-6-4-5-7-11(9)14/h4-7,14H,3H2,1-2H3. The van der Waals surface area contributed by atoms with Gasteiger partial charge in [0.2, 0.25) is 0 Å². The predicted octanol–water partition coefficient (Wildman–Crippen LogP) is 3.39. The van der Waals surface area contributed by atoms with Crippen LogP contribution in [0, 0.1) is 6.92 Å².